The predicted octanol–water partition coefficient (Wildman–Crippen LogP) is 3.39. The Kier molecular flexibility index (Phi) is 6.28. The van der Waals surface area contributed by atoms with Crippen molar-refractivity contribution in [3.63, 3.8) is 0 Å². The zero-order valence-electron chi connectivity index (χ0n) is 16.4. The van der Waals surface area contributed by atoms with Gasteiger partial charge in [-0.25, -0.2) is 4.99 Å². The Morgan fingerprint density at radius 2 is 1.97 bits per heavy atom. The molecule has 0 aliphatic carbocycles. The van der Waals surface area contributed by atoms with Crippen LogP contribution >= 0.6 is 15.9 Å². The number of carbonyl (C=O) groups excluding carboxylic acids is 1. The third kappa shape index (κ3) is 4.52. The second-order valence-electron chi connectivity index (χ2n) is 7.14. The number of hydrogen-bond acceptors (Lipinski definition) is 6. The monoisotopic (exact) mass is 457 g/mol. The summed E-state index contributed by atoms with van der Waals surface area (Å²) in [6.45, 7) is 3.96. The molecule has 6 nitrogen and oxygen atoms in total. The summed E-state index contributed by atoms with van der Waals surface area (Å²) in [6, 6.07) is 16.3. The highest BCUT2D eigenvalue weighted by Crippen LogP contribution is 2.40. The molecule has 0 amide bonds. The van der Waals surface area contributed by atoms with Crippen LogP contribution in [0.2, 0.25) is 0 Å². The lowest BCUT2D eigenvalue weighted by Gasteiger charge is -2.40. The number of carbonyl (C=O) groups is 1. The zero-order valence-corrected chi connectivity index (χ0v) is 18.0. The summed E-state index contributed by atoms with van der Waals surface area (Å²) in [4.78, 5) is 21.7. The lowest BCUT2D eigenvalue weighted by atomic mass is 9.93. The van der Waals surface area contributed by atoms with Crippen molar-refractivity contribution in [1.29, 1.82) is 0 Å². The topological polar surface area (TPSA) is 54.4 Å². The minimum atomic E-state index is -0.279. The molecular formula is C22H24BrN3O3. The number of aliphatic imine (C=N–C) groups is 1. The molecule has 0 radical (unpaired) electrons. The Labute approximate surface area is 179 Å². The molecule has 1 atom stereocenters. The van der Waals surface area contributed by atoms with E-state index < -0.39 is 0 Å². The molecule has 0 bridgehead atoms. The molecule has 0 N–H and O–H groups in total. The molecule has 2 aliphatic heterocycles. The second kappa shape index (κ2) is 9.07. The predicted molar refractivity (Wildman–Crippen MR) is 116 cm³/mol. The van der Waals surface area contributed by atoms with Crippen LogP contribution in [-0.2, 0) is 14.3 Å². The van der Waals surface area contributed by atoms with Crippen molar-refractivity contribution in [2.45, 2.75) is 6.04 Å². The Morgan fingerprint density at radius 1 is 1.21 bits per heavy atom. The smallest absolute Gasteiger partial charge is 0.325 e. The lowest BCUT2D eigenvalue weighted by Crippen LogP contribution is -2.48. The number of rotatable bonds is 5. The molecule has 2 aliphatic rings. The van der Waals surface area contributed by atoms with Gasteiger partial charge in [0.05, 0.1) is 38.6 Å². The van der Waals surface area contributed by atoms with Crippen LogP contribution in [0.1, 0.15) is 17.2 Å². The van der Waals surface area contributed by atoms with Crippen molar-refractivity contribution < 1.29 is 14.3 Å². The first-order valence-electron chi connectivity index (χ1n) is 9.71. The molecule has 0 aromatic heterocycles. The van der Waals surface area contributed by atoms with E-state index in [0.29, 0.717) is 6.54 Å². The van der Waals surface area contributed by atoms with Crippen molar-refractivity contribution in [2.24, 2.45) is 4.99 Å². The standard InChI is InChI=1S/C22H24BrN3O3/c1-28-21(27)15-26-20(14-25-9-11-29-12-10-25)24-19-8-7-17(23)13-18(19)22(26)16-5-3-2-4-6-16/h2-8,13,22H,9-12,14-15H2,1H3/t22-/m1/s1. The fourth-order valence-electron chi connectivity index (χ4n) is 3.83. The number of methoxy groups -OCH3 is 1. The van der Waals surface area contributed by atoms with Crippen LogP contribution in [0.4, 0.5) is 5.69 Å². The molecule has 4 rings (SSSR count). The largest absolute Gasteiger partial charge is 0.468 e. The van der Waals surface area contributed by atoms with Gasteiger partial charge in [0.1, 0.15) is 12.4 Å². The van der Waals surface area contributed by atoms with Gasteiger partial charge in [0.15, 0.2) is 0 Å². The Bertz CT molecular complexity index is 897. The van der Waals surface area contributed by atoms with Crippen LogP contribution in [0.5, 0.6) is 0 Å². The number of hydrogen-bond donors (Lipinski definition) is 0. The van der Waals surface area contributed by atoms with E-state index in [2.05, 4.69) is 43.9 Å². The summed E-state index contributed by atoms with van der Waals surface area (Å²) in [5, 5.41) is 0. The SMILES string of the molecule is COC(=O)CN1C(CN2CCOCC2)=Nc2ccc(Br)cc2[C@H]1c1ccccc1. The number of amidine groups is 1. The van der Waals surface area contributed by atoms with E-state index >= 15 is 0 Å². The van der Waals surface area contributed by atoms with Crippen molar-refractivity contribution in [3.8, 4) is 0 Å². The minimum absolute atomic E-state index is 0.114. The normalized spacial score (nSPS) is 19.4. The van der Waals surface area contributed by atoms with Gasteiger partial charge in [0, 0.05) is 23.1 Å². The maximum Gasteiger partial charge on any atom is 0.325 e. The van der Waals surface area contributed by atoms with E-state index in [9.17, 15) is 4.79 Å². The van der Waals surface area contributed by atoms with Gasteiger partial charge < -0.3 is 14.4 Å². The summed E-state index contributed by atoms with van der Waals surface area (Å²) in [6.07, 6.45) is 0. The van der Waals surface area contributed by atoms with E-state index in [1.807, 2.05) is 30.3 Å². The number of nitrogens with zero attached hydrogens (tertiary/aromatic N) is 3. The maximum atomic E-state index is 12.3. The van der Waals surface area contributed by atoms with Gasteiger partial charge in [-0.05, 0) is 23.8 Å². The molecule has 7 heteroatoms. The van der Waals surface area contributed by atoms with Gasteiger partial charge in [-0.3, -0.25) is 9.69 Å². The quantitative estimate of drug-likeness (QED) is 0.644. The van der Waals surface area contributed by atoms with Crippen LogP contribution < -0.4 is 0 Å². The van der Waals surface area contributed by atoms with Gasteiger partial charge >= 0.3 is 5.97 Å². The number of fused-ring (bicyclic) bond motifs is 1. The van der Waals surface area contributed by atoms with E-state index in [-0.39, 0.29) is 18.6 Å². The summed E-state index contributed by atoms with van der Waals surface area (Å²) >= 11 is 3.59. The molecule has 2 aromatic carbocycles. The molecular weight excluding hydrogens is 434 g/mol. The molecule has 2 aromatic rings. The Balaban J connectivity index is 1.78. The van der Waals surface area contributed by atoms with Crippen molar-refractivity contribution in [2.75, 3.05) is 46.5 Å². The lowest BCUT2D eigenvalue weighted by molar-refractivity contribution is -0.141. The number of esters is 1. The van der Waals surface area contributed by atoms with E-state index in [0.717, 1.165) is 53.4 Å². The van der Waals surface area contributed by atoms with Gasteiger partial charge in [-0.2, -0.15) is 0 Å². The molecule has 1 saturated heterocycles. The third-order valence-electron chi connectivity index (χ3n) is 5.29. The van der Waals surface area contributed by atoms with Gasteiger partial charge in [0.2, 0.25) is 0 Å². The summed E-state index contributed by atoms with van der Waals surface area (Å²) < 4.78 is 11.5. The number of benzene rings is 2. The van der Waals surface area contributed by atoms with Gasteiger partial charge in [-0.15, -0.1) is 0 Å². The van der Waals surface area contributed by atoms with E-state index in [1.54, 1.807) is 0 Å². The second-order valence-corrected chi connectivity index (χ2v) is 8.05. The first kappa shape index (κ1) is 20.1. The van der Waals surface area contributed by atoms with Crippen molar-refractivity contribution >= 4 is 33.4 Å². The fourth-order valence-corrected chi connectivity index (χ4v) is 4.21. The number of morpholine rings is 1. The molecule has 2 heterocycles. The third-order valence-corrected chi connectivity index (χ3v) is 5.78. The average Bonchev–Trinajstić information content (AvgIpc) is 2.75. The Morgan fingerprint density at radius 3 is 2.69 bits per heavy atom. The first-order chi connectivity index (χ1) is 14.2. The molecule has 0 unspecified atom stereocenters. The minimum Gasteiger partial charge on any atom is -0.468 e. The summed E-state index contributed by atoms with van der Waals surface area (Å²) in [5.41, 5.74) is 3.12. The van der Waals surface area contributed by atoms with Crippen LogP contribution in [0.3, 0.4) is 0 Å². The molecule has 29 heavy (non-hydrogen) atoms. The Hall–Kier alpha value is -2.22. The summed E-state index contributed by atoms with van der Waals surface area (Å²) in [7, 11) is 1.42. The van der Waals surface area contributed by atoms with Crippen molar-refractivity contribution in [3.05, 3.63) is 64.1 Å². The van der Waals surface area contributed by atoms with Crippen LogP contribution in [0.15, 0.2) is 58.0 Å². The highest BCUT2D eigenvalue weighted by Gasteiger charge is 2.33. The number of halogens is 1. The number of ether oxygens (including phenoxy) is 2. The molecule has 1 fully saturated rings. The van der Waals surface area contributed by atoms with Crippen molar-refractivity contribution in [1.82, 2.24) is 9.80 Å². The highest BCUT2D eigenvalue weighted by molar-refractivity contribution is 9.10. The molecule has 152 valence electrons. The van der Waals surface area contributed by atoms with Crippen LogP contribution in [0, 0.1) is 0 Å². The molecule has 0 spiro atoms. The zero-order chi connectivity index (χ0) is 20.2. The summed E-state index contributed by atoms with van der Waals surface area (Å²) in [5.74, 6) is 0.597. The van der Waals surface area contributed by atoms with Crippen LogP contribution in [0.25, 0.3) is 0 Å². The highest BCUT2D eigenvalue weighted by atomic mass is 79.9. The maximum absolute atomic E-state index is 12.3. The van der Waals surface area contributed by atoms with Gasteiger partial charge in [-0.1, -0.05) is 46.3 Å². The van der Waals surface area contributed by atoms with E-state index in [1.165, 1.54) is 7.11 Å². The van der Waals surface area contributed by atoms with E-state index in [4.69, 9.17) is 14.5 Å². The van der Waals surface area contributed by atoms with Gasteiger partial charge in [0.25, 0.3) is 0 Å². The molecule has 0 saturated carbocycles. The first-order valence-corrected chi connectivity index (χ1v) is 10.5. The average molecular weight is 458 g/mol. The fraction of sp³-hybridized carbons (Fsp3) is 0.364. The van der Waals surface area contributed by atoms with Crippen LogP contribution in [-0.4, -0.2) is 68.1 Å².